The first kappa shape index (κ1) is 12.6. The normalized spacial score (nSPS) is 10.7. The van der Waals surface area contributed by atoms with Gasteiger partial charge in [-0.15, -0.1) is 0 Å². The van der Waals surface area contributed by atoms with Gasteiger partial charge in [0, 0.05) is 12.1 Å². The van der Waals surface area contributed by atoms with E-state index in [0.717, 1.165) is 28.5 Å². The molecule has 0 saturated heterocycles. The van der Waals surface area contributed by atoms with Gasteiger partial charge in [0.1, 0.15) is 17.4 Å². The molecule has 18 heavy (non-hydrogen) atoms. The fourth-order valence-corrected chi connectivity index (χ4v) is 1.95. The molecule has 0 radical (unpaired) electrons. The first-order valence-electron chi connectivity index (χ1n) is 5.88. The second-order valence-corrected chi connectivity index (χ2v) is 4.21. The molecule has 0 aliphatic rings. The minimum atomic E-state index is 0.520. The van der Waals surface area contributed by atoms with Crippen LogP contribution in [0.5, 0.6) is 5.75 Å². The summed E-state index contributed by atoms with van der Waals surface area (Å²) in [6.45, 7) is 4.99. The average molecular weight is 246 g/mol. The highest BCUT2D eigenvalue weighted by Gasteiger charge is 2.08. The summed E-state index contributed by atoms with van der Waals surface area (Å²) < 4.78 is 7.23. The van der Waals surface area contributed by atoms with E-state index in [1.54, 1.807) is 7.11 Å². The van der Waals surface area contributed by atoms with E-state index in [4.69, 9.17) is 10.5 Å². The first-order valence-corrected chi connectivity index (χ1v) is 5.88. The molecule has 1 aromatic carbocycles. The molecule has 0 aliphatic carbocycles. The minimum Gasteiger partial charge on any atom is -0.496 e. The van der Waals surface area contributed by atoms with Gasteiger partial charge in [-0.25, -0.2) is 9.67 Å². The predicted molar refractivity (Wildman–Crippen MR) is 69.5 cm³/mol. The standard InChI is InChI=1S/C13H18N4O/c1-9-15-10(2)17(16-9)8-12-6-11(7-14)4-5-13(12)18-3/h4-6H,7-8,14H2,1-3H3. The van der Waals surface area contributed by atoms with Gasteiger partial charge in [-0.2, -0.15) is 5.10 Å². The van der Waals surface area contributed by atoms with Gasteiger partial charge in [0.2, 0.25) is 0 Å². The van der Waals surface area contributed by atoms with Crippen LogP contribution in [0.25, 0.3) is 0 Å². The topological polar surface area (TPSA) is 66.0 Å². The number of hydrogen-bond acceptors (Lipinski definition) is 4. The van der Waals surface area contributed by atoms with Crippen LogP contribution in [0.1, 0.15) is 22.8 Å². The Kier molecular flexibility index (Phi) is 3.62. The summed E-state index contributed by atoms with van der Waals surface area (Å²) in [7, 11) is 1.67. The van der Waals surface area contributed by atoms with Crippen LogP contribution in [0.2, 0.25) is 0 Å². The average Bonchev–Trinajstić information content (AvgIpc) is 2.67. The van der Waals surface area contributed by atoms with Crippen molar-refractivity contribution in [3.8, 4) is 5.75 Å². The van der Waals surface area contributed by atoms with Crippen molar-refractivity contribution in [2.24, 2.45) is 5.73 Å². The molecule has 0 amide bonds. The van der Waals surface area contributed by atoms with Crippen molar-refractivity contribution in [2.75, 3.05) is 7.11 Å². The van der Waals surface area contributed by atoms with Crippen molar-refractivity contribution in [1.29, 1.82) is 0 Å². The molecule has 2 N–H and O–H groups in total. The molecular formula is C13H18N4O. The van der Waals surface area contributed by atoms with E-state index in [1.165, 1.54) is 0 Å². The SMILES string of the molecule is COc1ccc(CN)cc1Cn1nc(C)nc1C. The lowest BCUT2D eigenvalue weighted by molar-refractivity contribution is 0.407. The van der Waals surface area contributed by atoms with Crippen molar-refractivity contribution in [1.82, 2.24) is 14.8 Å². The summed E-state index contributed by atoms with van der Waals surface area (Å²) >= 11 is 0. The smallest absolute Gasteiger partial charge is 0.147 e. The Bertz CT molecular complexity index is 548. The minimum absolute atomic E-state index is 0.520. The van der Waals surface area contributed by atoms with Crippen LogP contribution < -0.4 is 10.5 Å². The maximum atomic E-state index is 5.66. The molecule has 5 nitrogen and oxygen atoms in total. The van der Waals surface area contributed by atoms with Gasteiger partial charge in [0.05, 0.1) is 13.7 Å². The monoisotopic (exact) mass is 246 g/mol. The zero-order chi connectivity index (χ0) is 13.1. The first-order chi connectivity index (χ1) is 8.63. The van der Waals surface area contributed by atoms with Crippen LogP contribution in [0.15, 0.2) is 18.2 Å². The number of nitrogens with two attached hydrogens (primary N) is 1. The Labute approximate surface area is 107 Å². The molecule has 1 aromatic heterocycles. The lowest BCUT2D eigenvalue weighted by atomic mass is 10.1. The quantitative estimate of drug-likeness (QED) is 0.885. The van der Waals surface area contributed by atoms with Gasteiger partial charge in [0.25, 0.3) is 0 Å². The van der Waals surface area contributed by atoms with Gasteiger partial charge in [-0.05, 0) is 31.5 Å². The number of ether oxygens (including phenoxy) is 1. The fourth-order valence-electron chi connectivity index (χ4n) is 1.95. The molecule has 0 spiro atoms. The van der Waals surface area contributed by atoms with Crippen LogP contribution in [0, 0.1) is 13.8 Å². The van der Waals surface area contributed by atoms with Gasteiger partial charge >= 0.3 is 0 Å². The number of hydrogen-bond donors (Lipinski definition) is 1. The van der Waals surface area contributed by atoms with Crippen molar-refractivity contribution >= 4 is 0 Å². The highest BCUT2D eigenvalue weighted by atomic mass is 16.5. The third kappa shape index (κ3) is 2.51. The highest BCUT2D eigenvalue weighted by Crippen LogP contribution is 2.21. The van der Waals surface area contributed by atoms with E-state index in [2.05, 4.69) is 16.1 Å². The molecule has 1 heterocycles. The summed E-state index contributed by atoms with van der Waals surface area (Å²) in [5, 5.41) is 4.36. The van der Waals surface area contributed by atoms with E-state index in [1.807, 2.05) is 30.7 Å². The molecule has 0 atom stereocenters. The number of rotatable bonds is 4. The summed E-state index contributed by atoms with van der Waals surface area (Å²) in [5.74, 6) is 2.52. The van der Waals surface area contributed by atoms with Gasteiger partial charge in [-0.3, -0.25) is 0 Å². The summed E-state index contributed by atoms with van der Waals surface area (Å²) in [6.07, 6.45) is 0. The summed E-state index contributed by atoms with van der Waals surface area (Å²) in [4.78, 5) is 4.29. The molecule has 0 fully saturated rings. The van der Waals surface area contributed by atoms with E-state index < -0.39 is 0 Å². The van der Waals surface area contributed by atoms with Crippen LogP contribution in [-0.4, -0.2) is 21.9 Å². The molecule has 2 aromatic rings. The Balaban J connectivity index is 2.35. The van der Waals surface area contributed by atoms with Crippen molar-refractivity contribution in [2.45, 2.75) is 26.9 Å². The van der Waals surface area contributed by atoms with E-state index in [-0.39, 0.29) is 0 Å². The van der Waals surface area contributed by atoms with Crippen LogP contribution in [-0.2, 0) is 13.1 Å². The number of aryl methyl sites for hydroxylation is 2. The van der Waals surface area contributed by atoms with Crippen LogP contribution >= 0.6 is 0 Å². The zero-order valence-electron chi connectivity index (χ0n) is 11.0. The third-order valence-corrected chi connectivity index (χ3v) is 2.86. The van der Waals surface area contributed by atoms with Crippen LogP contribution in [0.4, 0.5) is 0 Å². The molecule has 0 aliphatic heterocycles. The molecule has 0 saturated carbocycles. The van der Waals surface area contributed by atoms with Crippen LogP contribution in [0.3, 0.4) is 0 Å². The number of nitrogens with zero attached hydrogens (tertiary/aromatic N) is 3. The lowest BCUT2D eigenvalue weighted by Gasteiger charge is -2.10. The molecule has 0 unspecified atom stereocenters. The second kappa shape index (κ2) is 5.18. The van der Waals surface area contributed by atoms with Crippen molar-refractivity contribution < 1.29 is 4.74 Å². The van der Waals surface area contributed by atoms with Crippen molar-refractivity contribution in [3.05, 3.63) is 41.0 Å². The maximum absolute atomic E-state index is 5.66. The Morgan fingerprint density at radius 3 is 2.67 bits per heavy atom. The largest absolute Gasteiger partial charge is 0.496 e. The number of methoxy groups -OCH3 is 1. The van der Waals surface area contributed by atoms with Gasteiger partial charge in [0.15, 0.2) is 0 Å². The van der Waals surface area contributed by atoms with E-state index >= 15 is 0 Å². The molecule has 2 rings (SSSR count). The summed E-state index contributed by atoms with van der Waals surface area (Å²) in [5.41, 5.74) is 7.81. The second-order valence-electron chi connectivity index (χ2n) is 4.21. The molecular weight excluding hydrogens is 228 g/mol. The predicted octanol–water partition coefficient (Wildman–Crippen LogP) is 1.41. The lowest BCUT2D eigenvalue weighted by Crippen LogP contribution is -2.07. The van der Waals surface area contributed by atoms with Gasteiger partial charge < -0.3 is 10.5 Å². The van der Waals surface area contributed by atoms with E-state index in [0.29, 0.717) is 13.1 Å². The molecule has 5 heteroatoms. The fraction of sp³-hybridized carbons (Fsp3) is 0.385. The van der Waals surface area contributed by atoms with Gasteiger partial charge in [-0.1, -0.05) is 6.07 Å². The zero-order valence-corrected chi connectivity index (χ0v) is 11.0. The molecule has 0 bridgehead atoms. The van der Waals surface area contributed by atoms with E-state index in [9.17, 15) is 0 Å². The number of aromatic nitrogens is 3. The van der Waals surface area contributed by atoms with Crippen molar-refractivity contribution in [3.63, 3.8) is 0 Å². The Morgan fingerprint density at radius 1 is 1.33 bits per heavy atom. The third-order valence-electron chi connectivity index (χ3n) is 2.86. The highest BCUT2D eigenvalue weighted by molar-refractivity contribution is 5.37. The molecule has 96 valence electrons. The maximum Gasteiger partial charge on any atom is 0.147 e. The Hall–Kier alpha value is -1.88. The summed E-state index contributed by atoms with van der Waals surface area (Å²) in [6, 6.07) is 5.97. The Morgan fingerprint density at radius 2 is 2.11 bits per heavy atom. The number of benzene rings is 1.